The molecule has 126 valence electrons. The maximum absolute atomic E-state index is 12.1. The van der Waals surface area contributed by atoms with Crippen molar-refractivity contribution < 1.29 is 14.3 Å². The summed E-state index contributed by atoms with van der Waals surface area (Å²) in [6.45, 7) is 5.97. The first-order valence-corrected chi connectivity index (χ1v) is 8.20. The Hall–Kier alpha value is -1.84. The molecule has 0 aliphatic carbocycles. The summed E-state index contributed by atoms with van der Waals surface area (Å²) in [5.74, 6) is -0.878. The lowest BCUT2D eigenvalue weighted by molar-refractivity contribution is 0.0475. The minimum absolute atomic E-state index is 0.0158. The molecule has 0 spiro atoms. The molecule has 2 aromatic rings. The molecule has 5 heteroatoms. The highest BCUT2D eigenvalue weighted by Crippen LogP contribution is 2.23. The van der Waals surface area contributed by atoms with Gasteiger partial charge in [0.05, 0.1) is 15.6 Å². The van der Waals surface area contributed by atoms with E-state index in [1.165, 1.54) is 18.2 Å². The third-order valence-corrected chi connectivity index (χ3v) is 4.30. The first-order chi connectivity index (χ1) is 11.2. The second-order valence-corrected chi connectivity index (χ2v) is 7.27. The summed E-state index contributed by atoms with van der Waals surface area (Å²) in [4.78, 5) is 24.1. The molecule has 24 heavy (non-hydrogen) atoms. The van der Waals surface area contributed by atoms with E-state index in [-0.39, 0.29) is 28.4 Å². The molecule has 0 N–H and O–H groups in total. The lowest BCUT2D eigenvalue weighted by atomic mass is 9.86. The van der Waals surface area contributed by atoms with Gasteiger partial charge in [-0.2, -0.15) is 0 Å². The number of hydrogen-bond acceptors (Lipinski definition) is 3. The van der Waals surface area contributed by atoms with Crippen molar-refractivity contribution >= 4 is 35.0 Å². The van der Waals surface area contributed by atoms with Crippen molar-refractivity contribution in [2.24, 2.45) is 0 Å². The van der Waals surface area contributed by atoms with Gasteiger partial charge in [0.25, 0.3) is 0 Å². The maximum atomic E-state index is 12.1. The van der Waals surface area contributed by atoms with Gasteiger partial charge in [0.15, 0.2) is 12.4 Å². The fourth-order valence-corrected chi connectivity index (χ4v) is 2.38. The smallest absolute Gasteiger partial charge is 0.338 e. The SMILES string of the molecule is CC(C)(C)c1ccc(C(=O)COC(=O)c2ccc(Cl)c(Cl)c2)cc1. The summed E-state index contributed by atoms with van der Waals surface area (Å²) in [7, 11) is 0. The van der Waals surface area contributed by atoms with E-state index in [1.807, 2.05) is 12.1 Å². The van der Waals surface area contributed by atoms with Crippen molar-refractivity contribution in [1.82, 2.24) is 0 Å². The number of hydrogen-bond donors (Lipinski definition) is 0. The molecule has 3 nitrogen and oxygen atoms in total. The van der Waals surface area contributed by atoms with Crippen LogP contribution >= 0.6 is 23.2 Å². The molecule has 0 radical (unpaired) electrons. The van der Waals surface area contributed by atoms with Crippen LogP contribution in [0, 0.1) is 0 Å². The largest absolute Gasteiger partial charge is 0.454 e. The Kier molecular flexibility index (Phi) is 5.68. The quantitative estimate of drug-likeness (QED) is 0.543. The third-order valence-electron chi connectivity index (χ3n) is 3.56. The van der Waals surface area contributed by atoms with Crippen molar-refractivity contribution in [3.8, 4) is 0 Å². The zero-order valence-corrected chi connectivity index (χ0v) is 15.2. The second kappa shape index (κ2) is 7.37. The number of carbonyl (C=O) groups is 2. The molecule has 0 aromatic heterocycles. The van der Waals surface area contributed by atoms with Crippen molar-refractivity contribution in [1.29, 1.82) is 0 Å². The standard InChI is InChI=1S/C19H18Cl2O3/c1-19(2,3)14-7-4-12(5-8-14)17(22)11-24-18(23)13-6-9-15(20)16(21)10-13/h4-10H,11H2,1-3H3. The molecule has 0 saturated heterocycles. The van der Waals surface area contributed by atoms with Gasteiger partial charge in [0, 0.05) is 5.56 Å². The number of carbonyl (C=O) groups excluding carboxylic acids is 2. The van der Waals surface area contributed by atoms with E-state index in [2.05, 4.69) is 20.8 Å². The van der Waals surface area contributed by atoms with Gasteiger partial charge in [-0.15, -0.1) is 0 Å². The molecule has 0 aliphatic rings. The fraction of sp³-hybridized carbons (Fsp3) is 0.263. The molecule has 0 aliphatic heterocycles. The van der Waals surface area contributed by atoms with E-state index in [9.17, 15) is 9.59 Å². The molecule has 0 unspecified atom stereocenters. The van der Waals surface area contributed by atoms with Crippen LogP contribution in [0.25, 0.3) is 0 Å². The van der Waals surface area contributed by atoms with Crippen LogP contribution in [-0.4, -0.2) is 18.4 Å². The highest BCUT2D eigenvalue weighted by molar-refractivity contribution is 6.42. The van der Waals surface area contributed by atoms with Gasteiger partial charge in [0.2, 0.25) is 0 Å². The lowest BCUT2D eigenvalue weighted by Crippen LogP contribution is -2.15. The highest BCUT2D eigenvalue weighted by Gasteiger charge is 2.16. The molecule has 2 rings (SSSR count). The summed E-state index contributed by atoms with van der Waals surface area (Å²) in [6, 6.07) is 11.7. The van der Waals surface area contributed by atoms with E-state index in [0.717, 1.165) is 5.56 Å². The molecular weight excluding hydrogens is 347 g/mol. The van der Waals surface area contributed by atoms with E-state index < -0.39 is 5.97 Å². The van der Waals surface area contributed by atoms with Crippen molar-refractivity contribution in [3.63, 3.8) is 0 Å². The van der Waals surface area contributed by atoms with E-state index in [4.69, 9.17) is 27.9 Å². The number of Topliss-reactive ketones (excluding diaryl/α,β-unsaturated/α-hetero) is 1. The van der Waals surface area contributed by atoms with Gasteiger partial charge < -0.3 is 4.74 Å². The van der Waals surface area contributed by atoms with Gasteiger partial charge in [-0.3, -0.25) is 4.79 Å². The van der Waals surface area contributed by atoms with E-state index in [0.29, 0.717) is 10.6 Å². The van der Waals surface area contributed by atoms with Gasteiger partial charge >= 0.3 is 5.97 Å². The Morgan fingerprint density at radius 2 is 1.50 bits per heavy atom. The molecule has 2 aromatic carbocycles. The van der Waals surface area contributed by atoms with Crippen molar-refractivity contribution in [3.05, 3.63) is 69.2 Å². The second-order valence-electron chi connectivity index (χ2n) is 6.46. The molecule has 0 amide bonds. The molecular formula is C19H18Cl2O3. The van der Waals surface area contributed by atoms with Gasteiger partial charge in [-0.05, 0) is 29.2 Å². The average Bonchev–Trinajstić information content (AvgIpc) is 2.54. The number of benzene rings is 2. The molecule has 0 saturated carbocycles. The number of ether oxygens (including phenoxy) is 1. The van der Waals surface area contributed by atoms with Gasteiger partial charge in [-0.1, -0.05) is 68.2 Å². The predicted octanol–water partition coefficient (Wildman–Crippen LogP) is 5.33. The molecule has 0 bridgehead atoms. The number of halogens is 2. The van der Waals surface area contributed by atoms with Crippen LogP contribution in [-0.2, 0) is 10.2 Å². The summed E-state index contributed by atoms with van der Waals surface area (Å²) < 4.78 is 5.05. The zero-order valence-electron chi connectivity index (χ0n) is 13.7. The first-order valence-electron chi connectivity index (χ1n) is 7.44. The number of rotatable bonds is 4. The Balaban J connectivity index is 1.99. The number of ketones is 1. The lowest BCUT2D eigenvalue weighted by Gasteiger charge is -2.18. The Labute approximate surface area is 151 Å². The van der Waals surface area contributed by atoms with Crippen molar-refractivity contribution in [2.45, 2.75) is 26.2 Å². The third kappa shape index (κ3) is 4.59. The fourth-order valence-electron chi connectivity index (χ4n) is 2.08. The minimum atomic E-state index is -0.617. The maximum Gasteiger partial charge on any atom is 0.338 e. The summed E-state index contributed by atoms with van der Waals surface area (Å²) in [5.41, 5.74) is 1.90. The minimum Gasteiger partial charge on any atom is -0.454 e. The van der Waals surface area contributed by atoms with E-state index >= 15 is 0 Å². The van der Waals surface area contributed by atoms with E-state index in [1.54, 1.807) is 12.1 Å². The Morgan fingerprint density at radius 3 is 2.04 bits per heavy atom. The summed E-state index contributed by atoms with van der Waals surface area (Å²) in [6.07, 6.45) is 0. The normalized spacial score (nSPS) is 11.2. The molecule has 0 fully saturated rings. The van der Waals surface area contributed by atoms with Crippen LogP contribution in [0.5, 0.6) is 0 Å². The van der Waals surface area contributed by atoms with Gasteiger partial charge in [-0.25, -0.2) is 4.79 Å². The topological polar surface area (TPSA) is 43.4 Å². The van der Waals surface area contributed by atoms with Crippen molar-refractivity contribution in [2.75, 3.05) is 6.61 Å². The van der Waals surface area contributed by atoms with Gasteiger partial charge in [0.1, 0.15) is 0 Å². The highest BCUT2D eigenvalue weighted by atomic mass is 35.5. The Morgan fingerprint density at radius 1 is 0.917 bits per heavy atom. The summed E-state index contributed by atoms with van der Waals surface area (Å²) >= 11 is 11.7. The molecule has 0 atom stereocenters. The van der Waals surface area contributed by atoms with Crippen LogP contribution in [0.4, 0.5) is 0 Å². The van der Waals surface area contributed by atoms with Crippen LogP contribution in [0.1, 0.15) is 47.1 Å². The van der Waals surface area contributed by atoms with Crippen LogP contribution in [0.15, 0.2) is 42.5 Å². The summed E-state index contributed by atoms with van der Waals surface area (Å²) in [5, 5.41) is 0.610. The van der Waals surface area contributed by atoms with Crippen LogP contribution in [0.3, 0.4) is 0 Å². The number of esters is 1. The molecule has 0 heterocycles. The average molecular weight is 365 g/mol. The monoisotopic (exact) mass is 364 g/mol. The zero-order chi connectivity index (χ0) is 17.9. The Bertz CT molecular complexity index is 759. The predicted molar refractivity (Wildman–Crippen MR) is 96.2 cm³/mol. The van der Waals surface area contributed by atoms with Crippen LogP contribution in [0.2, 0.25) is 10.0 Å². The van der Waals surface area contributed by atoms with Crippen LogP contribution < -0.4 is 0 Å². The first kappa shape index (κ1) is 18.5.